The summed E-state index contributed by atoms with van der Waals surface area (Å²) in [5.41, 5.74) is 4.19. The molecule has 12 heteroatoms. The quantitative estimate of drug-likeness (QED) is 0.281. The monoisotopic (exact) mass is 486 g/mol. The van der Waals surface area contributed by atoms with Crippen LogP contribution in [0.2, 0.25) is 0 Å². The maximum Gasteiger partial charge on any atom is 0.292 e. The lowest BCUT2D eigenvalue weighted by atomic mass is 10.2. The number of carbonyl (C=O) groups is 2. The summed E-state index contributed by atoms with van der Waals surface area (Å²) >= 11 is 0. The molecule has 3 aromatic carbocycles. The molecule has 3 aromatic rings. The number of anilines is 1. The fourth-order valence-corrected chi connectivity index (χ4v) is 3.32. The number of nitro benzene ring substituents is 2. The van der Waals surface area contributed by atoms with Crippen LogP contribution in [0.5, 0.6) is 0 Å². The minimum Gasteiger partial charge on any atom is -0.325 e. The maximum atomic E-state index is 13.1. The SMILES string of the molecule is O=C(CNN1C(=O)/C(=C/c2ccc([N+](=O)[O-])cc2)N=C1c1ccccc1)Nc1ccc([N+](=O)[O-])cc1. The number of benzene rings is 3. The average molecular weight is 486 g/mol. The van der Waals surface area contributed by atoms with Crippen LogP contribution in [0.1, 0.15) is 11.1 Å². The second kappa shape index (κ2) is 10.4. The number of rotatable bonds is 8. The first-order valence-electron chi connectivity index (χ1n) is 10.5. The highest BCUT2D eigenvalue weighted by atomic mass is 16.6. The Morgan fingerprint density at radius 3 is 2.06 bits per heavy atom. The third-order valence-corrected chi connectivity index (χ3v) is 5.06. The number of nitrogens with zero attached hydrogens (tertiary/aromatic N) is 4. The standard InChI is InChI=1S/C24H18N6O6/c31-22(26-18-8-12-20(13-9-18)30(35)36)15-25-28-23(17-4-2-1-3-5-17)27-21(24(28)32)14-16-6-10-19(11-7-16)29(33)34/h1-14,25H,15H2,(H,26,31)/b21-14-. The number of carbonyl (C=O) groups excluding carboxylic acids is 2. The molecule has 0 spiro atoms. The number of hydrogen-bond donors (Lipinski definition) is 2. The number of amides is 2. The van der Waals surface area contributed by atoms with Crippen molar-refractivity contribution in [3.8, 4) is 0 Å². The van der Waals surface area contributed by atoms with E-state index in [1.807, 2.05) is 6.07 Å². The van der Waals surface area contributed by atoms with E-state index in [1.165, 1.54) is 54.6 Å². The van der Waals surface area contributed by atoms with Crippen molar-refractivity contribution in [3.63, 3.8) is 0 Å². The van der Waals surface area contributed by atoms with Crippen molar-refractivity contribution in [3.05, 3.63) is 116 Å². The minimum absolute atomic E-state index is 0.0750. The predicted octanol–water partition coefficient (Wildman–Crippen LogP) is 3.28. The Hall–Kier alpha value is -5.23. The molecule has 180 valence electrons. The normalized spacial score (nSPS) is 14.0. The van der Waals surface area contributed by atoms with E-state index in [4.69, 9.17) is 0 Å². The Labute approximate surface area is 203 Å². The smallest absolute Gasteiger partial charge is 0.292 e. The summed E-state index contributed by atoms with van der Waals surface area (Å²) in [7, 11) is 0. The third kappa shape index (κ3) is 5.46. The highest BCUT2D eigenvalue weighted by Gasteiger charge is 2.31. The second-order valence-electron chi connectivity index (χ2n) is 7.51. The zero-order chi connectivity index (χ0) is 25.7. The van der Waals surface area contributed by atoms with Crippen LogP contribution < -0.4 is 10.7 Å². The topological polar surface area (TPSA) is 160 Å². The fraction of sp³-hybridized carbons (Fsp3) is 0.0417. The molecule has 1 aliphatic rings. The number of amidine groups is 1. The molecule has 1 aliphatic heterocycles. The third-order valence-electron chi connectivity index (χ3n) is 5.06. The van der Waals surface area contributed by atoms with Gasteiger partial charge < -0.3 is 5.32 Å². The van der Waals surface area contributed by atoms with Crippen LogP contribution in [0.3, 0.4) is 0 Å². The minimum atomic E-state index is -0.543. The second-order valence-corrected chi connectivity index (χ2v) is 7.51. The van der Waals surface area contributed by atoms with Crippen molar-refractivity contribution >= 4 is 40.8 Å². The van der Waals surface area contributed by atoms with E-state index in [0.717, 1.165) is 5.01 Å². The van der Waals surface area contributed by atoms with Crippen LogP contribution in [0.15, 0.2) is 89.6 Å². The van der Waals surface area contributed by atoms with Gasteiger partial charge in [-0.05, 0) is 35.9 Å². The summed E-state index contributed by atoms with van der Waals surface area (Å²) < 4.78 is 0. The van der Waals surface area contributed by atoms with Gasteiger partial charge in [-0.15, -0.1) is 0 Å². The van der Waals surface area contributed by atoms with Gasteiger partial charge in [0.05, 0.1) is 16.4 Å². The molecule has 0 fully saturated rings. The first-order chi connectivity index (χ1) is 17.3. The molecule has 0 saturated heterocycles. The van der Waals surface area contributed by atoms with Gasteiger partial charge in [0.1, 0.15) is 5.70 Å². The van der Waals surface area contributed by atoms with E-state index in [2.05, 4.69) is 15.7 Å². The molecule has 0 atom stereocenters. The lowest BCUT2D eigenvalue weighted by molar-refractivity contribution is -0.385. The van der Waals surface area contributed by atoms with E-state index >= 15 is 0 Å². The molecule has 0 unspecified atom stereocenters. The van der Waals surface area contributed by atoms with Crippen molar-refractivity contribution in [2.24, 2.45) is 4.99 Å². The molecule has 2 N–H and O–H groups in total. The molecule has 4 rings (SSSR count). The molecule has 0 radical (unpaired) electrons. The predicted molar refractivity (Wildman–Crippen MR) is 131 cm³/mol. The van der Waals surface area contributed by atoms with Crippen molar-refractivity contribution < 1.29 is 19.4 Å². The lowest BCUT2D eigenvalue weighted by Crippen LogP contribution is -2.47. The first-order valence-corrected chi connectivity index (χ1v) is 10.5. The van der Waals surface area contributed by atoms with Gasteiger partial charge in [0.15, 0.2) is 5.84 Å². The number of hydrogen-bond acceptors (Lipinski definition) is 8. The Bertz CT molecular complexity index is 1380. The summed E-state index contributed by atoms with van der Waals surface area (Å²) in [5, 5.41) is 25.4. The zero-order valence-corrected chi connectivity index (χ0v) is 18.5. The number of nitrogens with one attached hydrogen (secondary N) is 2. The summed E-state index contributed by atoms with van der Waals surface area (Å²) in [4.78, 5) is 50.6. The molecule has 0 aliphatic carbocycles. The van der Waals surface area contributed by atoms with Crippen molar-refractivity contribution in [1.29, 1.82) is 0 Å². The van der Waals surface area contributed by atoms with Gasteiger partial charge in [-0.2, -0.15) is 0 Å². The number of aliphatic imine (C=N–C) groups is 1. The largest absolute Gasteiger partial charge is 0.325 e. The zero-order valence-electron chi connectivity index (χ0n) is 18.5. The Balaban J connectivity index is 1.51. The Morgan fingerprint density at radius 1 is 0.889 bits per heavy atom. The molecule has 1 heterocycles. The number of hydrazine groups is 1. The van der Waals surface area contributed by atoms with Crippen LogP contribution in [0, 0.1) is 20.2 Å². The van der Waals surface area contributed by atoms with E-state index in [-0.39, 0.29) is 29.5 Å². The molecule has 0 aromatic heterocycles. The molecule has 12 nitrogen and oxygen atoms in total. The van der Waals surface area contributed by atoms with E-state index in [9.17, 15) is 29.8 Å². The lowest BCUT2D eigenvalue weighted by Gasteiger charge is -2.19. The maximum absolute atomic E-state index is 13.1. The molecular weight excluding hydrogens is 468 g/mol. The van der Waals surface area contributed by atoms with Gasteiger partial charge >= 0.3 is 0 Å². The number of non-ortho nitro benzene ring substituents is 2. The Kier molecular flexibility index (Phi) is 6.88. The van der Waals surface area contributed by atoms with Gasteiger partial charge in [0, 0.05) is 35.5 Å². The first kappa shape index (κ1) is 23.9. The highest BCUT2D eigenvalue weighted by Crippen LogP contribution is 2.22. The van der Waals surface area contributed by atoms with Gasteiger partial charge in [0.25, 0.3) is 17.3 Å². The van der Waals surface area contributed by atoms with Crippen LogP contribution in [-0.2, 0) is 9.59 Å². The molecule has 36 heavy (non-hydrogen) atoms. The molecular formula is C24H18N6O6. The molecule has 0 saturated carbocycles. The van der Waals surface area contributed by atoms with Gasteiger partial charge in [-0.3, -0.25) is 29.8 Å². The van der Waals surface area contributed by atoms with Gasteiger partial charge in [-0.1, -0.05) is 30.3 Å². The van der Waals surface area contributed by atoms with Gasteiger partial charge in [-0.25, -0.2) is 15.4 Å². The van der Waals surface area contributed by atoms with E-state index < -0.39 is 21.7 Å². The van der Waals surface area contributed by atoms with Crippen LogP contribution in [0.25, 0.3) is 6.08 Å². The van der Waals surface area contributed by atoms with E-state index in [1.54, 1.807) is 24.3 Å². The summed E-state index contributed by atoms with van der Waals surface area (Å²) in [6.45, 7) is -0.292. The van der Waals surface area contributed by atoms with Crippen molar-refractivity contribution in [1.82, 2.24) is 10.4 Å². The van der Waals surface area contributed by atoms with Crippen molar-refractivity contribution in [2.45, 2.75) is 0 Å². The van der Waals surface area contributed by atoms with Crippen LogP contribution >= 0.6 is 0 Å². The Morgan fingerprint density at radius 2 is 1.47 bits per heavy atom. The van der Waals surface area contributed by atoms with E-state index in [0.29, 0.717) is 16.8 Å². The average Bonchev–Trinajstić information content (AvgIpc) is 3.18. The molecule has 2 amide bonds. The van der Waals surface area contributed by atoms with Crippen molar-refractivity contribution in [2.75, 3.05) is 11.9 Å². The number of nitro groups is 2. The van der Waals surface area contributed by atoms with Gasteiger partial charge in [0.2, 0.25) is 5.91 Å². The highest BCUT2D eigenvalue weighted by molar-refractivity contribution is 6.19. The fourth-order valence-electron chi connectivity index (χ4n) is 3.32. The summed E-state index contributed by atoms with van der Waals surface area (Å²) in [6.07, 6.45) is 1.49. The molecule has 0 bridgehead atoms. The summed E-state index contributed by atoms with van der Waals surface area (Å²) in [5.74, 6) is -0.732. The van der Waals surface area contributed by atoms with Crippen LogP contribution in [-0.4, -0.2) is 39.1 Å². The summed E-state index contributed by atoms with van der Waals surface area (Å²) in [6, 6.07) is 19.9. The van der Waals surface area contributed by atoms with Crippen LogP contribution in [0.4, 0.5) is 17.1 Å².